The van der Waals surface area contributed by atoms with Crippen LogP contribution >= 0.6 is 23.2 Å². The summed E-state index contributed by atoms with van der Waals surface area (Å²) in [7, 11) is 0. The first-order valence-electron chi connectivity index (χ1n) is 12.9. The van der Waals surface area contributed by atoms with Crippen molar-refractivity contribution in [2.75, 3.05) is 11.9 Å². The number of carbonyl (C=O) groups excluding carboxylic acids is 3. The third-order valence-corrected chi connectivity index (χ3v) is 9.38. The summed E-state index contributed by atoms with van der Waals surface area (Å²) in [5.74, 6) is -2.09. The highest BCUT2D eigenvalue weighted by molar-refractivity contribution is 6.36. The van der Waals surface area contributed by atoms with Gasteiger partial charge in [-0.3, -0.25) is 19.3 Å². The van der Waals surface area contributed by atoms with E-state index in [9.17, 15) is 14.4 Å². The first kappa shape index (κ1) is 24.9. The summed E-state index contributed by atoms with van der Waals surface area (Å²) in [6, 6.07) is 31.0. The molecule has 2 atom stereocenters. The fourth-order valence-electron chi connectivity index (χ4n) is 6.46. The molecule has 2 bridgehead atoms. The van der Waals surface area contributed by atoms with Crippen LogP contribution in [0.25, 0.3) is 0 Å². The SMILES string of the molecule is O=C(CN1C(=O)[C@@H]2[C@H](C1=O)C1(Cl)c3ccccc3C2(Cl)c2ccccc21)Nc1ccc(Oc2ccccc2)cc1. The Balaban J connectivity index is 1.15. The van der Waals surface area contributed by atoms with Crippen LogP contribution in [0, 0.1) is 11.8 Å². The summed E-state index contributed by atoms with van der Waals surface area (Å²) in [6.45, 7) is -0.445. The summed E-state index contributed by atoms with van der Waals surface area (Å²) in [5, 5.41) is 2.77. The van der Waals surface area contributed by atoms with Gasteiger partial charge in [0.25, 0.3) is 0 Å². The van der Waals surface area contributed by atoms with E-state index in [-0.39, 0.29) is 0 Å². The van der Waals surface area contributed by atoms with Crippen molar-refractivity contribution in [1.29, 1.82) is 0 Å². The van der Waals surface area contributed by atoms with Crippen LogP contribution in [0.15, 0.2) is 103 Å². The van der Waals surface area contributed by atoms with E-state index in [1.807, 2.05) is 78.9 Å². The molecule has 4 aromatic carbocycles. The Morgan fingerprint density at radius 1 is 0.675 bits per heavy atom. The average Bonchev–Trinajstić information content (AvgIpc) is 3.23. The number of benzene rings is 4. The highest BCUT2D eigenvalue weighted by atomic mass is 35.5. The van der Waals surface area contributed by atoms with Crippen LogP contribution in [0.5, 0.6) is 11.5 Å². The zero-order valence-electron chi connectivity index (χ0n) is 21.0. The van der Waals surface area contributed by atoms with Gasteiger partial charge in [-0.05, 0) is 58.7 Å². The molecule has 1 aliphatic heterocycles. The lowest BCUT2D eigenvalue weighted by Gasteiger charge is -2.54. The van der Waals surface area contributed by atoms with Gasteiger partial charge in [0, 0.05) is 5.69 Å². The summed E-state index contributed by atoms with van der Waals surface area (Å²) in [6.07, 6.45) is 0. The zero-order chi connectivity index (χ0) is 27.6. The topological polar surface area (TPSA) is 75.7 Å². The van der Waals surface area contributed by atoms with Crippen molar-refractivity contribution >= 4 is 46.6 Å². The maximum atomic E-state index is 13.9. The predicted molar refractivity (Wildman–Crippen MR) is 151 cm³/mol. The molecule has 1 N–H and O–H groups in total. The molecule has 0 unspecified atom stereocenters. The summed E-state index contributed by atoms with van der Waals surface area (Å²) in [5.41, 5.74) is 3.38. The van der Waals surface area contributed by atoms with E-state index >= 15 is 0 Å². The number of carbonyl (C=O) groups is 3. The molecule has 8 rings (SSSR count). The number of ether oxygens (including phenoxy) is 1. The van der Waals surface area contributed by atoms with Crippen molar-refractivity contribution in [3.8, 4) is 11.5 Å². The van der Waals surface area contributed by atoms with Gasteiger partial charge in [0.15, 0.2) is 0 Å². The van der Waals surface area contributed by atoms with Crippen LogP contribution in [-0.4, -0.2) is 29.2 Å². The number of amides is 3. The third kappa shape index (κ3) is 3.39. The van der Waals surface area contributed by atoms with E-state index in [1.165, 1.54) is 0 Å². The number of hydrogen-bond donors (Lipinski definition) is 1. The van der Waals surface area contributed by atoms with Crippen LogP contribution in [0.2, 0.25) is 0 Å². The van der Waals surface area contributed by atoms with E-state index in [1.54, 1.807) is 24.3 Å². The molecule has 40 heavy (non-hydrogen) atoms. The summed E-state index contributed by atoms with van der Waals surface area (Å²) in [4.78, 5) is 39.3. The standard InChI is InChI=1S/C32H22Cl2N2O4/c33-31-22-10-4-5-11-23(22)32(34,25-13-7-6-12-24(25)31)28-27(31)29(38)36(30(28)39)18-26(37)35-19-14-16-21(17-15-19)40-20-8-2-1-3-9-20/h1-17,27-28H,18H2,(H,35,37)/t27-,28+,31?,32?. The molecule has 1 heterocycles. The molecule has 0 radical (unpaired) electrons. The van der Waals surface area contributed by atoms with E-state index in [0.29, 0.717) is 17.2 Å². The molecule has 4 aliphatic rings. The highest BCUT2D eigenvalue weighted by Crippen LogP contribution is 2.69. The minimum atomic E-state index is -1.28. The number of anilines is 1. The Bertz CT molecular complexity index is 1570. The van der Waals surface area contributed by atoms with Gasteiger partial charge in [-0.2, -0.15) is 0 Å². The number of hydrogen-bond acceptors (Lipinski definition) is 4. The number of rotatable bonds is 5. The largest absolute Gasteiger partial charge is 0.457 e. The van der Waals surface area contributed by atoms with E-state index in [4.69, 9.17) is 27.9 Å². The molecule has 1 saturated heterocycles. The van der Waals surface area contributed by atoms with Gasteiger partial charge in [0.2, 0.25) is 17.7 Å². The lowest BCUT2D eigenvalue weighted by atomic mass is 9.54. The lowest BCUT2D eigenvalue weighted by Crippen LogP contribution is -2.57. The normalized spacial score (nSPS) is 25.7. The Morgan fingerprint density at radius 2 is 1.10 bits per heavy atom. The number of para-hydroxylation sites is 1. The van der Waals surface area contributed by atoms with Gasteiger partial charge in [0.1, 0.15) is 27.8 Å². The van der Waals surface area contributed by atoms with Crippen molar-refractivity contribution in [2.45, 2.75) is 9.75 Å². The molecule has 198 valence electrons. The van der Waals surface area contributed by atoms with Crippen LogP contribution < -0.4 is 10.1 Å². The van der Waals surface area contributed by atoms with E-state index in [2.05, 4.69) is 5.32 Å². The van der Waals surface area contributed by atoms with Crippen LogP contribution in [0.1, 0.15) is 22.3 Å². The summed E-state index contributed by atoms with van der Waals surface area (Å²) >= 11 is 14.8. The van der Waals surface area contributed by atoms with Crippen molar-refractivity contribution in [2.24, 2.45) is 11.8 Å². The van der Waals surface area contributed by atoms with Crippen molar-refractivity contribution < 1.29 is 19.1 Å². The number of imide groups is 1. The first-order chi connectivity index (χ1) is 19.3. The number of nitrogens with one attached hydrogen (secondary N) is 1. The highest BCUT2D eigenvalue weighted by Gasteiger charge is 2.73. The number of halogens is 2. The van der Waals surface area contributed by atoms with Crippen LogP contribution in [0.3, 0.4) is 0 Å². The third-order valence-electron chi connectivity index (χ3n) is 8.10. The molecular weight excluding hydrogens is 547 g/mol. The average molecular weight is 569 g/mol. The van der Waals surface area contributed by atoms with E-state index in [0.717, 1.165) is 27.2 Å². The van der Waals surface area contributed by atoms with Gasteiger partial charge in [-0.15, -0.1) is 23.2 Å². The molecule has 3 amide bonds. The van der Waals surface area contributed by atoms with Crippen molar-refractivity contribution in [3.63, 3.8) is 0 Å². The van der Waals surface area contributed by atoms with Gasteiger partial charge in [0.05, 0.1) is 11.8 Å². The van der Waals surface area contributed by atoms with Crippen molar-refractivity contribution in [1.82, 2.24) is 4.90 Å². The minimum Gasteiger partial charge on any atom is -0.457 e. The second-order valence-electron chi connectivity index (χ2n) is 10.2. The Kier molecular flexibility index (Phi) is 5.56. The fourth-order valence-corrected chi connectivity index (χ4v) is 7.55. The maximum absolute atomic E-state index is 13.9. The number of likely N-dealkylation sites (tertiary alicyclic amines) is 1. The monoisotopic (exact) mass is 568 g/mol. The minimum absolute atomic E-state index is 0.445. The van der Waals surface area contributed by atoms with Gasteiger partial charge < -0.3 is 10.1 Å². The molecule has 8 heteroatoms. The molecule has 1 fully saturated rings. The van der Waals surface area contributed by atoms with Gasteiger partial charge in [-0.1, -0.05) is 66.7 Å². The smallest absolute Gasteiger partial charge is 0.244 e. The fraction of sp³-hybridized carbons (Fsp3) is 0.156. The second-order valence-corrected chi connectivity index (χ2v) is 11.4. The van der Waals surface area contributed by atoms with Gasteiger partial charge in [-0.25, -0.2) is 0 Å². The van der Waals surface area contributed by atoms with Gasteiger partial charge >= 0.3 is 0 Å². The molecule has 6 nitrogen and oxygen atoms in total. The molecule has 3 aliphatic carbocycles. The Hall–Kier alpha value is -4.13. The zero-order valence-corrected chi connectivity index (χ0v) is 22.5. The lowest BCUT2D eigenvalue weighted by molar-refractivity contribution is -0.142. The second kappa shape index (κ2) is 8.95. The Labute approximate surface area is 240 Å². The summed E-state index contributed by atoms with van der Waals surface area (Å²) < 4.78 is 5.79. The number of alkyl halides is 2. The first-order valence-corrected chi connectivity index (χ1v) is 13.6. The Morgan fingerprint density at radius 3 is 1.57 bits per heavy atom. The molecule has 0 spiro atoms. The van der Waals surface area contributed by atoms with Crippen molar-refractivity contribution in [3.05, 3.63) is 125 Å². The molecule has 0 aromatic heterocycles. The van der Waals surface area contributed by atoms with E-state index < -0.39 is 45.9 Å². The predicted octanol–water partition coefficient (Wildman–Crippen LogP) is 6.01. The number of nitrogens with zero attached hydrogens (tertiary/aromatic N) is 1. The quantitative estimate of drug-likeness (QED) is 0.236. The van der Waals surface area contributed by atoms with Crippen LogP contribution in [0.4, 0.5) is 5.69 Å². The molecular formula is C32H22Cl2N2O4. The molecule has 4 aromatic rings. The maximum Gasteiger partial charge on any atom is 0.244 e. The molecule has 0 saturated carbocycles. The van der Waals surface area contributed by atoms with Crippen LogP contribution in [-0.2, 0) is 24.1 Å².